The number of imidazole rings is 2. The molecule has 2 saturated carbocycles. The van der Waals surface area contributed by atoms with Crippen LogP contribution in [0.4, 0.5) is 13.6 Å². The third kappa shape index (κ3) is 5.56. The van der Waals surface area contributed by atoms with Crippen LogP contribution in [0.1, 0.15) is 60.9 Å². The Bertz CT molecular complexity index is 2190. The van der Waals surface area contributed by atoms with Crippen LogP contribution in [0.15, 0.2) is 60.8 Å². The molecule has 51 heavy (non-hydrogen) atoms. The predicted molar refractivity (Wildman–Crippen MR) is 188 cm³/mol. The van der Waals surface area contributed by atoms with Crippen molar-refractivity contribution in [2.24, 2.45) is 11.8 Å². The summed E-state index contributed by atoms with van der Waals surface area (Å²) in [5.41, 5.74) is 5.50. The molecule has 3 aliphatic carbocycles. The number of nitrogens with one attached hydrogen (secondary N) is 3. The van der Waals surface area contributed by atoms with Gasteiger partial charge in [0.25, 0.3) is 5.92 Å². The largest absolute Gasteiger partial charge is 0.453 e. The number of benzene rings is 3. The second kappa shape index (κ2) is 12.0. The zero-order chi connectivity index (χ0) is 35.0. The number of halogens is 2. The smallest absolute Gasteiger partial charge is 0.407 e. The van der Waals surface area contributed by atoms with Gasteiger partial charge in [-0.25, -0.2) is 14.8 Å². The third-order valence-electron chi connectivity index (χ3n) is 11.4. The molecule has 1 aliphatic heterocycles. The molecule has 5 aromatic rings. The van der Waals surface area contributed by atoms with Crippen LogP contribution in [0.25, 0.3) is 44.5 Å². The molecule has 12 heteroatoms. The highest BCUT2D eigenvalue weighted by Crippen LogP contribution is 2.53. The summed E-state index contributed by atoms with van der Waals surface area (Å²) in [6, 6.07) is 17.3. The molecule has 2 bridgehead atoms. The average molecular weight is 692 g/mol. The van der Waals surface area contributed by atoms with E-state index >= 15 is 8.78 Å². The third-order valence-corrected chi connectivity index (χ3v) is 11.4. The zero-order valence-electron chi connectivity index (χ0n) is 28.5. The number of likely N-dealkylation sites (tertiary alicyclic amines) is 1. The van der Waals surface area contributed by atoms with Crippen LogP contribution in [0.2, 0.25) is 0 Å². The molecule has 1 saturated heterocycles. The maximum Gasteiger partial charge on any atom is 0.407 e. The number of aromatic amines is 2. The number of amides is 2. The van der Waals surface area contributed by atoms with Gasteiger partial charge in [0.05, 0.1) is 42.6 Å². The number of hydrogen-bond donors (Lipinski definition) is 3. The van der Waals surface area contributed by atoms with Gasteiger partial charge in [-0.1, -0.05) is 30.3 Å². The Balaban J connectivity index is 0.949. The van der Waals surface area contributed by atoms with Gasteiger partial charge in [0, 0.05) is 29.3 Å². The fourth-order valence-corrected chi connectivity index (χ4v) is 8.51. The summed E-state index contributed by atoms with van der Waals surface area (Å²) in [5, 5.41) is 2.44. The number of rotatable bonds is 9. The van der Waals surface area contributed by atoms with Crippen LogP contribution in [-0.4, -0.2) is 75.0 Å². The van der Waals surface area contributed by atoms with Crippen molar-refractivity contribution in [3.8, 4) is 33.5 Å². The second-order valence-corrected chi connectivity index (χ2v) is 14.6. The molecule has 4 aliphatic rings. The van der Waals surface area contributed by atoms with Crippen molar-refractivity contribution in [2.45, 2.75) is 56.7 Å². The highest BCUT2D eigenvalue weighted by Gasteiger charge is 2.46. The Morgan fingerprint density at radius 3 is 2.43 bits per heavy atom. The van der Waals surface area contributed by atoms with Gasteiger partial charge in [0.15, 0.2) is 0 Å². The first kappa shape index (κ1) is 31.9. The number of H-pyrrole nitrogens is 2. The van der Waals surface area contributed by atoms with Crippen molar-refractivity contribution in [3.05, 3.63) is 83.6 Å². The summed E-state index contributed by atoms with van der Waals surface area (Å²) >= 11 is 0. The van der Waals surface area contributed by atoms with E-state index in [0.29, 0.717) is 58.7 Å². The van der Waals surface area contributed by atoms with E-state index in [1.54, 1.807) is 29.3 Å². The number of alkyl carbamates (subject to hydrolysis) is 1. The van der Waals surface area contributed by atoms with Crippen LogP contribution < -0.4 is 5.32 Å². The number of fused-ring (bicyclic) bond motifs is 6. The molecule has 10 nitrogen and oxygen atoms in total. The lowest BCUT2D eigenvalue weighted by Crippen LogP contribution is -2.41. The lowest BCUT2D eigenvalue weighted by molar-refractivity contribution is -0.131. The second-order valence-electron chi connectivity index (χ2n) is 14.6. The van der Waals surface area contributed by atoms with Gasteiger partial charge in [0.2, 0.25) is 5.91 Å². The number of hydrogen-bond acceptors (Lipinski definition) is 6. The molecule has 0 radical (unpaired) electrons. The Hall–Kier alpha value is -5.10. The number of alkyl halides is 2. The van der Waals surface area contributed by atoms with Gasteiger partial charge >= 0.3 is 6.09 Å². The normalized spacial score (nSPS) is 21.5. The lowest BCUT2D eigenvalue weighted by Gasteiger charge is -2.30. The fraction of sp³-hybridized carbons (Fsp3) is 0.385. The SMILES string of the molecule is COC(=O)NCC(=O)N(Cc1ncc(-c2ccc3c(c2)C(F)(F)c2cc(-c4ccc5nc(C6C7CCC(C7)N6C)[nH]c5c4)ccc2-3)[nH]1)CC1CC1. The van der Waals surface area contributed by atoms with Crippen molar-refractivity contribution >= 4 is 23.0 Å². The lowest BCUT2D eigenvalue weighted by atomic mass is 9.98. The Labute approximate surface area is 293 Å². The van der Waals surface area contributed by atoms with Crippen molar-refractivity contribution in [2.75, 3.05) is 27.2 Å². The minimum atomic E-state index is -3.20. The number of carbonyl (C=O) groups is 2. The van der Waals surface area contributed by atoms with Gasteiger partial charge in [-0.15, -0.1) is 0 Å². The molecule has 3 fully saturated rings. The Kier molecular flexibility index (Phi) is 7.50. The maximum absolute atomic E-state index is 16.3. The topological polar surface area (TPSA) is 119 Å². The molecule has 3 heterocycles. The van der Waals surface area contributed by atoms with Gasteiger partial charge in [0.1, 0.15) is 18.2 Å². The van der Waals surface area contributed by atoms with E-state index in [2.05, 4.69) is 37.0 Å². The van der Waals surface area contributed by atoms with Crippen molar-refractivity contribution in [3.63, 3.8) is 0 Å². The Morgan fingerprint density at radius 1 is 0.980 bits per heavy atom. The summed E-state index contributed by atoms with van der Waals surface area (Å²) in [6.45, 7) is 0.573. The van der Waals surface area contributed by atoms with Gasteiger partial charge in [-0.2, -0.15) is 8.78 Å². The van der Waals surface area contributed by atoms with E-state index < -0.39 is 12.0 Å². The minimum absolute atomic E-state index is 0.0127. The standard InChI is InChI=1S/C39H39F2N7O3/c1-47-26-9-5-25(13-26)36(47)37-45-31-12-8-23(16-32(31)46-37)22-6-10-27-28-11-7-24(15-30(28)39(40,41)29(27)14-22)33-17-42-34(44-33)20-48(19-21-3-4-21)35(49)18-43-38(50)51-2/h6-8,10-12,14-17,21,25-26,36H,3-5,9,13,18-20H2,1-2H3,(H,42,44)(H,43,50)(H,45,46). The summed E-state index contributed by atoms with van der Waals surface area (Å²) in [5.74, 6) is -0.888. The number of carbonyl (C=O) groups excluding carboxylic acids is 2. The van der Waals surface area contributed by atoms with Gasteiger partial charge in [-0.3, -0.25) is 9.69 Å². The first-order valence-electron chi connectivity index (χ1n) is 17.7. The molecule has 2 aromatic heterocycles. The van der Waals surface area contributed by atoms with Gasteiger partial charge < -0.3 is 24.9 Å². The molecular weight excluding hydrogens is 652 g/mol. The number of methoxy groups -OCH3 is 1. The van der Waals surface area contributed by atoms with E-state index in [4.69, 9.17) is 4.98 Å². The number of ether oxygens (including phenoxy) is 1. The van der Waals surface area contributed by atoms with Crippen LogP contribution in [-0.2, 0) is 22.0 Å². The molecule has 262 valence electrons. The molecule has 0 spiro atoms. The molecule has 9 rings (SSSR count). The summed E-state index contributed by atoms with van der Waals surface area (Å²) < 4.78 is 37.1. The number of aromatic nitrogens is 4. The van der Waals surface area contributed by atoms with E-state index in [-0.39, 0.29) is 30.1 Å². The summed E-state index contributed by atoms with van der Waals surface area (Å²) in [4.78, 5) is 44.7. The van der Waals surface area contributed by atoms with Crippen molar-refractivity contribution in [1.82, 2.24) is 35.1 Å². The van der Waals surface area contributed by atoms with Gasteiger partial charge in [-0.05, 0) is 97.5 Å². The quantitative estimate of drug-likeness (QED) is 0.153. The summed E-state index contributed by atoms with van der Waals surface area (Å²) in [6.07, 6.45) is 6.73. The van der Waals surface area contributed by atoms with Crippen molar-refractivity contribution < 1.29 is 23.1 Å². The number of piperidine rings is 1. The van der Waals surface area contributed by atoms with E-state index in [0.717, 1.165) is 40.8 Å². The van der Waals surface area contributed by atoms with E-state index in [1.807, 2.05) is 30.3 Å². The minimum Gasteiger partial charge on any atom is -0.453 e. The monoisotopic (exact) mass is 691 g/mol. The predicted octanol–water partition coefficient (Wildman–Crippen LogP) is 6.99. The Morgan fingerprint density at radius 2 is 1.71 bits per heavy atom. The molecule has 3 N–H and O–H groups in total. The molecule has 2 amide bonds. The van der Waals surface area contributed by atoms with Crippen LogP contribution in [0.3, 0.4) is 0 Å². The molecule has 3 atom stereocenters. The van der Waals surface area contributed by atoms with Crippen LogP contribution >= 0.6 is 0 Å². The fourth-order valence-electron chi connectivity index (χ4n) is 8.51. The zero-order valence-corrected chi connectivity index (χ0v) is 28.5. The maximum atomic E-state index is 16.3. The average Bonchev–Trinajstić information content (AvgIpc) is 3.52. The molecule has 3 aromatic carbocycles. The van der Waals surface area contributed by atoms with E-state index in [9.17, 15) is 9.59 Å². The number of nitrogens with zero attached hydrogens (tertiary/aromatic N) is 4. The summed E-state index contributed by atoms with van der Waals surface area (Å²) in [7, 11) is 3.43. The highest BCUT2D eigenvalue weighted by atomic mass is 19.3. The highest BCUT2D eigenvalue weighted by molar-refractivity contribution is 5.87. The van der Waals surface area contributed by atoms with E-state index in [1.165, 1.54) is 32.4 Å². The van der Waals surface area contributed by atoms with Crippen LogP contribution in [0.5, 0.6) is 0 Å². The molecular formula is C39H39F2N7O3. The first-order chi connectivity index (χ1) is 24.7. The molecule has 3 unspecified atom stereocenters. The first-order valence-corrected chi connectivity index (χ1v) is 17.7. The van der Waals surface area contributed by atoms with Crippen molar-refractivity contribution in [1.29, 1.82) is 0 Å². The van der Waals surface area contributed by atoms with Crippen LogP contribution in [0, 0.1) is 11.8 Å².